The molecule has 0 unspecified atom stereocenters. The van der Waals surface area contributed by atoms with E-state index >= 15 is 0 Å². The predicted octanol–water partition coefficient (Wildman–Crippen LogP) is -4.37. The fourth-order valence-corrected chi connectivity index (χ4v) is 2.54. The number of hydrogen-bond acceptors (Lipinski definition) is 10. The first kappa shape index (κ1) is 17.9. The molecule has 9 atom stereocenters. The van der Waals surface area contributed by atoms with E-state index in [2.05, 4.69) is 0 Å². The average Bonchev–Trinajstić information content (AvgIpc) is 2.51. The average molecular weight is 326 g/mol. The summed E-state index contributed by atoms with van der Waals surface area (Å²) >= 11 is 0. The van der Waals surface area contributed by atoms with Crippen molar-refractivity contribution in [2.45, 2.75) is 61.7 Å². The Morgan fingerprint density at radius 2 is 1.55 bits per heavy atom. The summed E-state index contributed by atoms with van der Waals surface area (Å²) in [6.45, 7) is -1.03. The largest absolute Gasteiger partial charge is 0.394 e. The Balaban J connectivity index is 2.08. The summed E-state index contributed by atoms with van der Waals surface area (Å²) in [7, 11) is 0. The molecule has 0 aromatic carbocycles. The van der Waals surface area contributed by atoms with Crippen LogP contribution in [0.2, 0.25) is 0 Å². The van der Waals surface area contributed by atoms with Gasteiger partial charge in [0.05, 0.1) is 25.4 Å². The summed E-state index contributed by atoms with van der Waals surface area (Å²) in [5.74, 6) is 0. The van der Waals surface area contributed by atoms with Crippen molar-refractivity contribution in [1.82, 2.24) is 0 Å². The number of ether oxygens (including phenoxy) is 3. The molecule has 0 amide bonds. The molecule has 2 fully saturated rings. The highest BCUT2D eigenvalue weighted by atomic mass is 16.7. The molecule has 2 heterocycles. The quantitative estimate of drug-likeness (QED) is 0.268. The Bertz CT molecular complexity index is 353. The fraction of sp³-hybridized carbons (Fsp3) is 1.00. The van der Waals surface area contributed by atoms with Crippen molar-refractivity contribution in [3.63, 3.8) is 0 Å². The maximum absolute atomic E-state index is 9.94. The van der Waals surface area contributed by atoms with Crippen LogP contribution in [0.15, 0.2) is 0 Å². The Morgan fingerprint density at radius 3 is 2.14 bits per heavy atom. The third kappa shape index (κ3) is 3.57. The van der Waals surface area contributed by atoms with Gasteiger partial charge in [0, 0.05) is 6.42 Å². The molecule has 2 saturated heterocycles. The van der Waals surface area contributed by atoms with Crippen LogP contribution in [0.3, 0.4) is 0 Å². The second-order valence-electron chi connectivity index (χ2n) is 5.43. The molecule has 22 heavy (non-hydrogen) atoms. The van der Waals surface area contributed by atoms with Crippen LogP contribution in [0.4, 0.5) is 0 Å². The molecule has 0 aromatic heterocycles. The van der Waals surface area contributed by atoms with Gasteiger partial charge in [-0.05, 0) is 0 Å². The van der Waals surface area contributed by atoms with Gasteiger partial charge in [-0.25, -0.2) is 0 Å². The molecular weight excluding hydrogens is 304 g/mol. The molecule has 2 aliphatic heterocycles. The predicted molar refractivity (Wildman–Crippen MR) is 67.2 cm³/mol. The SMILES string of the molecule is OC[C@@H]1C[C@H](O)[C@@H](O)[C@H](O[C@H]2[C@H](O)[C@@H](O)[C@H](O)O[C@@H]2CO)O1. The van der Waals surface area contributed by atoms with Crippen LogP contribution < -0.4 is 0 Å². The molecule has 0 bridgehead atoms. The first-order valence-electron chi connectivity index (χ1n) is 6.97. The van der Waals surface area contributed by atoms with Gasteiger partial charge in [-0.3, -0.25) is 0 Å². The molecule has 130 valence electrons. The van der Waals surface area contributed by atoms with Gasteiger partial charge < -0.3 is 50.0 Å². The van der Waals surface area contributed by atoms with Crippen LogP contribution in [0.1, 0.15) is 6.42 Å². The zero-order valence-electron chi connectivity index (χ0n) is 11.7. The van der Waals surface area contributed by atoms with E-state index in [1.54, 1.807) is 0 Å². The first-order chi connectivity index (χ1) is 10.4. The van der Waals surface area contributed by atoms with Crippen molar-refractivity contribution in [3.8, 4) is 0 Å². The zero-order valence-corrected chi connectivity index (χ0v) is 11.7. The minimum Gasteiger partial charge on any atom is -0.394 e. The lowest BCUT2D eigenvalue weighted by Crippen LogP contribution is -2.62. The van der Waals surface area contributed by atoms with Gasteiger partial charge in [0.2, 0.25) is 0 Å². The van der Waals surface area contributed by atoms with Crippen molar-refractivity contribution >= 4 is 0 Å². The van der Waals surface area contributed by atoms with Crippen LogP contribution >= 0.6 is 0 Å². The molecule has 10 nitrogen and oxygen atoms in total. The van der Waals surface area contributed by atoms with E-state index in [4.69, 9.17) is 19.3 Å². The molecule has 0 aliphatic carbocycles. The van der Waals surface area contributed by atoms with Crippen LogP contribution in [-0.4, -0.2) is 104 Å². The Kier molecular flexibility index (Phi) is 6.07. The summed E-state index contributed by atoms with van der Waals surface area (Å²) in [6.07, 6.45) is -12.3. The van der Waals surface area contributed by atoms with E-state index in [0.717, 1.165) is 0 Å². The fourth-order valence-electron chi connectivity index (χ4n) is 2.54. The lowest BCUT2D eigenvalue weighted by atomic mass is 9.98. The molecule has 10 heteroatoms. The van der Waals surface area contributed by atoms with Gasteiger partial charge in [0.15, 0.2) is 12.6 Å². The highest BCUT2D eigenvalue weighted by Crippen LogP contribution is 2.28. The molecule has 2 aliphatic rings. The van der Waals surface area contributed by atoms with E-state index in [1.807, 2.05) is 0 Å². The number of rotatable bonds is 4. The van der Waals surface area contributed by atoms with Crippen molar-refractivity contribution < 1.29 is 50.0 Å². The second kappa shape index (κ2) is 7.45. The van der Waals surface area contributed by atoms with E-state index in [-0.39, 0.29) is 6.42 Å². The van der Waals surface area contributed by atoms with Crippen LogP contribution in [0.5, 0.6) is 0 Å². The minimum atomic E-state index is -1.69. The molecule has 7 N–H and O–H groups in total. The maximum Gasteiger partial charge on any atom is 0.186 e. The summed E-state index contributed by atoms with van der Waals surface area (Å²) in [6, 6.07) is 0. The topological polar surface area (TPSA) is 169 Å². The summed E-state index contributed by atoms with van der Waals surface area (Å²) in [5, 5.41) is 66.8. The second-order valence-corrected chi connectivity index (χ2v) is 5.43. The lowest BCUT2D eigenvalue weighted by Gasteiger charge is -2.44. The molecule has 0 spiro atoms. The van der Waals surface area contributed by atoms with Crippen LogP contribution in [0.25, 0.3) is 0 Å². The number of aliphatic hydroxyl groups excluding tert-OH is 7. The summed E-state index contributed by atoms with van der Waals surface area (Å²) in [4.78, 5) is 0. The van der Waals surface area contributed by atoms with E-state index < -0.39 is 68.5 Å². The molecule has 0 radical (unpaired) electrons. The van der Waals surface area contributed by atoms with E-state index in [1.165, 1.54) is 0 Å². The monoisotopic (exact) mass is 326 g/mol. The van der Waals surface area contributed by atoms with Gasteiger partial charge in [-0.15, -0.1) is 0 Å². The van der Waals surface area contributed by atoms with E-state index in [9.17, 15) is 30.6 Å². The lowest BCUT2D eigenvalue weighted by molar-refractivity contribution is -0.344. The maximum atomic E-state index is 9.94. The van der Waals surface area contributed by atoms with Gasteiger partial charge in [-0.1, -0.05) is 0 Å². The third-order valence-corrected chi connectivity index (χ3v) is 3.84. The van der Waals surface area contributed by atoms with Crippen LogP contribution in [-0.2, 0) is 14.2 Å². The van der Waals surface area contributed by atoms with Gasteiger partial charge in [-0.2, -0.15) is 0 Å². The Hall–Kier alpha value is -0.400. The highest BCUT2D eigenvalue weighted by molar-refractivity contribution is 4.91. The molecular formula is C12H22O10. The van der Waals surface area contributed by atoms with Crippen LogP contribution in [0, 0.1) is 0 Å². The Labute approximate surface area is 126 Å². The van der Waals surface area contributed by atoms with E-state index in [0.29, 0.717) is 0 Å². The summed E-state index contributed by atoms with van der Waals surface area (Å²) < 4.78 is 15.5. The van der Waals surface area contributed by atoms with Gasteiger partial charge in [0.25, 0.3) is 0 Å². The zero-order chi connectivity index (χ0) is 16.4. The van der Waals surface area contributed by atoms with Crippen molar-refractivity contribution in [3.05, 3.63) is 0 Å². The standard InChI is InChI=1S/C12H22O10/c13-2-4-1-5(15)7(16)12(20-4)22-10-6(3-14)21-11(19)9(18)8(10)17/h4-19H,1-3H2/t4-,5-,6+,7+,8+,9+,10+,11+,12-/m0/s1. The first-order valence-corrected chi connectivity index (χ1v) is 6.97. The van der Waals surface area contributed by atoms with Gasteiger partial charge >= 0.3 is 0 Å². The number of hydrogen-bond donors (Lipinski definition) is 7. The van der Waals surface area contributed by atoms with Crippen molar-refractivity contribution in [2.75, 3.05) is 13.2 Å². The third-order valence-electron chi connectivity index (χ3n) is 3.84. The van der Waals surface area contributed by atoms with Crippen molar-refractivity contribution in [1.29, 1.82) is 0 Å². The molecule has 0 saturated carbocycles. The highest BCUT2D eigenvalue weighted by Gasteiger charge is 2.48. The summed E-state index contributed by atoms with van der Waals surface area (Å²) in [5.41, 5.74) is 0. The Morgan fingerprint density at radius 1 is 0.864 bits per heavy atom. The normalized spacial score (nSPS) is 50.0. The van der Waals surface area contributed by atoms with Crippen molar-refractivity contribution in [2.24, 2.45) is 0 Å². The molecule has 0 aromatic rings. The molecule has 2 rings (SSSR count). The van der Waals surface area contributed by atoms with Gasteiger partial charge in [0.1, 0.15) is 30.5 Å². The smallest absolute Gasteiger partial charge is 0.186 e. The minimum absolute atomic E-state index is 0.00597. The number of aliphatic hydroxyl groups is 7.